The molecule has 5 nitrogen and oxygen atoms in total. The molecule has 3 rings (SSSR count). The van der Waals surface area contributed by atoms with Gasteiger partial charge in [-0.3, -0.25) is 0 Å². The SMILES string of the molecule is CO[C@H]1CC[C@H]1Oc1c(N)cc(C#N)c(Cl)c1Nc1ccccc1. The number of nitrogens with two attached hydrogens (primary N) is 1. The van der Waals surface area contributed by atoms with Crippen LogP contribution in [0.15, 0.2) is 36.4 Å². The molecule has 0 unspecified atom stereocenters. The zero-order valence-corrected chi connectivity index (χ0v) is 14.0. The van der Waals surface area contributed by atoms with Gasteiger partial charge in [-0.25, -0.2) is 0 Å². The number of halogens is 1. The third kappa shape index (κ3) is 3.12. The van der Waals surface area contributed by atoms with Gasteiger partial charge in [-0.15, -0.1) is 0 Å². The second kappa shape index (κ2) is 7.00. The lowest BCUT2D eigenvalue weighted by atomic mass is 9.91. The van der Waals surface area contributed by atoms with Crippen LogP contribution in [0.3, 0.4) is 0 Å². The summed E-state index contributed by atoms with van der Waals surface area (Å²) in [5.74, 6) is 0.453. The van der Waals surface area contributed by atoms with Gasteiger partial charge in [0.25, 0.3) is 0 Å². The summed E-state index contributed by atoms with van der Waals surface area (Å²) in [5.41, 5.74) is 8.12. The van der Waals surface area contributed by atoms with Gasteiger partial charge < -0.3 is 20.5 Å². The molecule has 3 N–H and O–H groups in total. The number of nitrogen functional groups attached to an aromatic ring is 1. The Hall–Kier alpha value is -2.42. The molecule has 0 heterocycles. The van der Waals surface area contributed by atoms with E-state index in [1.807, 2.05) is 30.3 Å². The van der Waals surface area contributed by atoms with E-state index in [0.29, 0.717) is 27.7 Å². The summed E-state index contributed by atoms with van der Waals surface area (Å²) in [6.07, 6.45) is 1.81. The van der Waals surface area contributed by atoms with Crippen molar-refractivity contribution in [3.8, 4) is 11.8 Å². The number of rotatable bonds is 5. The number of nitrogens with zero attached hydrogens (tertiary/aromatic N) is 1. The summed E-state index contributed by atoms with van der Waals surface area (Å²) in [6, 6.07) is 13.1. The molecule has 2 aromatic carbocycles. The molecule has 1 fully saturated rings. The van der Waals surface area contributed by atoms with E-state index in [1.54, 1.807) is 7.11 Å². The Morgan fingerprint density at radius 2 is 1.96 bits per heavy atom. The van der Waals surface area contributed by atoms with Crippen LogP contribution in [0.5, 0.6) is 5.75 Å². The van der Waals surface area contributed by atoms with Gasteiger partial charge in [0.1, 0.15) is 17.9 Å². The lowest BCUT2D eigenvalue weighted by molar-refractivity contribution is -0.0619. The van der Waals surface area contributed by atoms with Crippen molar-refractivity contribution in [2.45, 2.75) is 25.0 Å². The van der Waals surface area contributed by atoms with Gasteiger partial charge in [0.2, 0.25) is 0 Å². The lowest BCUT2D eigenvalue weighted by Gasteiger charge is -2.36. The third-order valence-electron chi connectivity index (χ3n) is 4.13. The maximum atomic E-state index is 9.27. The van der Waals surface area contributed by atoms with Crippen LogP contribution in [0.25, 0.3) is 0 Å². The lowest BCUT2D eigenvalue weighted by Crippen LogP contribution is -2.42. The Morgan fingerprint density at radius 3 is 2.54 bits per heavy atom. The highest BCUT2D eigenvalue weighted by Crippen LogP contribution is 2.43. The Labute approximate surface area is 145 Å². The minimum atomic E-state index is -0.0716. The van der Waals surface area contributed by atoms with E-state index in [1.165, 1.54) is 6.07 Å². The topological polar surface area (TPSA) is 80.3 Å². The fourth-order valence-electron chi connectivity index (χ4n) is 2.64. The Kier molecular flexibility index (Phi) is 4.79. The molecule has 2 atom stereocenters. The molecule has 0 amide bonds. The molecule has 1 saturated carbocycles. The van der Waals surface area contributed by atoms with Crippen LogP contribution in [0.1, 0.15) is 18.4 Å². The van der Waals surface area contributed by atoms with Crippen molar-refractivity contribution >= 4 is 28.7 Å². The molecule has 0 spiro atoms. The molecule has 2 aromatic rings. The number of hydrogen-bond acceptors (Lipinski definition) is 5. The van der Waals surface area contributed by atoms with Crippen molar-refractivity contribution in [2.75, 3.05) is 18.2 Å². The highest BCUT2D eigenvalue weighted by atomic mass is 35.5. The highest BCUT2D eigenvalue weighted by Gasteiger charge is 2.34. The van der Waals surface area contributed by atoms with Crippen LogP contribution in [0.2, 0.25) is 5.02 Å². The van der Waals surface area contributed by atoms with E-state index in [9.17, 15) is 5.26 Å². The zero-order chi connectivity index (χ0) is 17.1. The molecule has 6 heteroatoms. The first-order valence-corrected chi connectivity index (χ1v) is 8.05. The molecular formula is C18H18ClN3O2. The molecule has 124 valence electrons. The molecule has 0 radical (unpaired) electrons. The molecule has 24 heavy (non-hydrogen) atoms. The number of nitriles is 1. The summed E-state index contributed by atoms with van der Waals surface area (Å²) in [5, 5.41) is 12.8. The van der Waals surface area contributed by atoms with Crippen molar-refractivity contribution in [3.63, 3.8) is 0 Å². The van der Waals surface area contributed by atoms with Crippen molar-refractivity contribution in [2.24, 2.45) is 0 Å². The second-order valence-corrected chi connectivity index (χ2v) is 6.02. The summed E-state index contributed by atoms with van der Waals surface area (Å²) in [6.45, 7) is 0. The van der Waals surface area contributed by atoms with Crippen LogP contribution >= 0.6 is 11.6 Å². The van der Waals surface area contributed by atoms with Gasteiger partial charge >= 0.3 is 0 Å². The first-order valence-electron chi connectivity index (χ1n) is 7.67. The molecule has 1 aliphatic carbocycles. The van der Waals surface area contributed by atoms with Gasteiger partial charge in [-0.05, 0) is 31.0 Å². The molecular weight excluding hydrogens is 326 g/mol. The summed E-state index contributed by atoms with van der Waals surface area (Å²) < 4.78 is 11.4. The zero-order valence-electron chi connectivity index (χ0n) is 13.3. The average Bonchev–Trinajstić information content (AvgIpc) is 2.57. The van der Waals surface area contributed by atoms with E-state index in [-0.39, 0.29) is 12.2 Å². The van der Waals surface area contributed by atoms with Crippen LogP contribution in [-0.2, 0) is 4.74 Å². The maximum Gasteiger partial charge on any atom is 0.167 e. The predicted octanol–water partition coefficient (Wildman–Crippen LogP) is 4.09. The van der Waals surface area contributed by atoms with E-state index in [4.69, 9.17) is 26.8 Å². The van der Waals surface area contributed by atoms with Crippen molar-refractivity contribution in [3.05, 3.63) is 47.0 Å². The Balaban J connectivity index is 1.99. The quantitative estimate of drug-likeness (QED) is 0.799. The smallest absolute Gasteiger partial charge is 0.167 e. The first kappa shape index (κ1) is 16.4. The van der Waals surface area contributed by atoms with Gasteiger partial charge in [0.05, 0.1) is 22.4 Å². The maximum absolute atomic E-state index is 9.27. The number of anilines is 3. The number of ether oxygens (including phenoxy) is 2. The number of hydrogen-bond donors (Lipinski definition) is 2. The Morgan fingerprint density at radius 1 is 1.25 bits per heavy atom. The highest BCUT2D eigenvalue weighted by molar-refractivity contribution is 6.35. The van der Waals surface area contributed by atoms with Gasteiger partial charge in [-0.2, -0.15) is 5.26 Å². The largest absolute Gasteiger partial charge is 0.483 e. The minimum Gasteiger partial charge on any atom is -0.483 e. The Bertz CT molecular complexity index is 772. The predicted molar refractivity (Wildman–Crippen MR) is 94.8 cm³/mol. The second-order valence-electron chi connectivity index (χ2n) is 5.64. The summed E-state index contributed by atoms with van der Waals surface area (Å²) >= 11 is 6.40. The van der Waals surface area contributed by atoms with E-state index in [2.05, 4.69) is 11.4 Å². The monoisotopic (exact) mass is 343 g/mol. The normalized spacial score (nSPS) is 19.2. The third-order valence-corrected chi connectivity index (χ3v) is 4.52. The fraction of sp³-hybridized carbons (Fsp3) is 0.278. The summed E-state index contributed by atoms with van der Waals surface area (Å²) in [4.78, 5) is 0. The number of benzene rings is 2. The number of para-hydroxylation sites is 1. The number of nitrogens with one attached hydrogen (secondary N) is 1. The van der Waals surface area contributed by atoms with Crippen molar-refractivity contribution in [1.82, 2.24) is 0 Å². The summed E-state index contributed by atoms with van der Waals surface area (Å²) in [7, 11) is 1.67. The molecule has 0 saturated heterocycles. The minimum absolute atomic E-state index is 0.0448. The van der Waals surface area contributed by atoms with E-state index < -0.39 is 0 Å². The van der Waals surface area contributed by atoms with Crippen molar-refractivity contribution in [1.29, 1.82) is 5.26 Å². The van der Waals surface area contributed by atoms with Gasteiger partial charge in [0.15, 0.2) is 5.75 Å². The van der Waals surface area contributed by atoms with E-state index >= 15 is 0 Å². The van der Waals surface area contributed by atoms with Crippen molar-refractivity contribution < 1.29 is 9.47 Å². The standard InChI is InChI=1S/C18H18ClN3O2/c1-23-14-7-8-15(14)24-18-13(21)9-11(10-20)16(19)17(18)22-12-5-3-2-4-6-12/h2-6,9,14-15,22H,7-8,21H2,1H3/t14-,15+/m0/s1. The van der Waals surface area contributed by atoms with Gasteiger partial charge in [-0.1, -0.05) is 29.8 Å². The van der Waals surface area contributed by atoms with Crippen LogP contribution in [-0.4, -0.2) is 19.3 Å². The average molecular weight is 344 g/mol. The fourth-order valence-corrected chi connectivity index (χ4v) is 2.87. The molecule has 1 aliphatic rings. The number of methoxy groups -OCH3 is 1. The van der Waals surface area contributed by atoms with Crippen LogP contribution in [0, 0.1) is 11.3 Å². The van der Waals surface area contributed by atoms with Crippen LogP contribution in [0.4, 0.5) is 17.1 Å². The molecule has 0 aromatic heterocycles. The molecule has 0 bridgehead atoms. The van der Waals surface area contributed by atoms with Gasteiger partial charge in [0, 0.05) is 12.8 Å². The first-order chi connectivity index (χ1) is 11.6. The van der Waals surface area contributed by atoms with E-state index in [0.717, 1.165) is 18.5 Å². The molecule has 0 aliphatic heterocycles. The van der Waals surface area contributed by atoms with Crippen LogP contribution < -0.4 is 15.8 Å².